The van der Waals surface area contributed by atoms with Crippen molar-refractivity contribution < 1.29 is 8.42 Å². The highest BCUT2D eigenvalue weighted by Gasteiger charge is 2.37. The van der Waals surface area contributed by atoms with Gasteiger partial charge in [-0.2, -0.15) is 0 Å². The number of hydrogen-bond acceptors (Lipinski definition) is 3. The van der Waals surface area contributed by atoms with Gasteiger partial charge in [-0.3, -0.25) is 0 Å². The summed E-state index contributed by atoms with van der Waals surface area (Å²) >= 11 is 0. The van der Waals surface area contributed by atoms with E-state index in [1.807, 2.05) is 6.92 Å². The van der Waals surface area contributed by atoms with E-state index < -0.39 is 9.84 Å². The maximum atomic E-state index is 11.7. The molecule has 0 unspecified atom stereocenters. The zero-order valence-electron chi connectivity index (χ0n) is 11.3. The van der Waals surface area contributed by atoms with Crippen molar-refractivity contribution in [1.82, 2.24) is 5.32 Å². The van der Waals surface area contributed by atoms with Crippen LogP contribution in [-0.4, -0.2) is 33.0 Å². The molecule has 0 saturated heterocycles. The maximum absolute atomic E-state index is 11.7. The van der Waals surface area contributed by atoms with Gasteiger partial charge < -0.3 is 5.32 Å². The molecule has 1 aliphatic carbocycles. The predicted molar refractivity (Wildman–Crippen MR) is 73.0 cm³/mol. The summed E-state index contributed by atoms with van der Waals surface area (Å²) < 4.78 is 23.5. The lowest BCUT2D eigenvalue weighted by molar-refractivity contribution is 0.125. The first kappa shape index (κ1) is 15.0. The Labute approximate surface area is 106 Å². The highest BCUT2D eigenvalue weighted by Crippen LogP contribution is 2.43. The summed E-state index contributed by atoms with van der Waals surface area (Å²) in [7, 11) is -2.80. The van der Waals surface area contributed by atoms with E-state index in [1.165, 1.54) is 19.3 Å². The Morgan fingerprint density at radius 3 is 2.29 bits per heavy atom. The van der Waals surface area contributed by atoms with Crippen molar-refractivity contribution in [3.63, 3.8) is 0 Å². The van der Waals surface area contributed by atoms with Gasteiger partial charge in [-0.25, -0.2) is 8.42 Å². The van der Waals surface area contributed by atoms with Crippen LogP contribution in [0.15, 0.2) is 0 Å². The summed E-state index contributed by atoms with van der Waals surface area (Å²) in [4.78, 5) is 0. The fraction of sp³-hybridized carbons (Fsp3) is 1.00. The molecule has 1 aliphatic rings. The molecule has 17 heavy (non-hydrogen) atoms. The number of sulfone groups is 1. The summed E-state index contributed by atoms with van der Waals surface area (Å²) in [5.41, 5.74) is 0.288. The maximum Gasteiger partial charge on any atom is 0.150 e. The molecular weight excluding hydrogens is 234 g/mol. The molecule has 0 aromatic carbocycles. The third-order valence-corrected chi connectivity index (χ3v) is 5.66. The van der Waals surface area contributed by atoms with Crippen LogP contribution in [-0.2, 0) is 9.84 Å². The van der Waals surface area contributed by atoms with Crippen LogP contribution in [0.5, 0.6) is 0 Å². The van der Waals surface area contributed by atoms with Gasteiger partial charge in [0.2, 0.25) is 0 Å². The lowest BCUT2D eigenvalue weighted by Gasteiger charge is -2.42. The Morgan fingerprint density at radius 1 is 1.12 bits per heavy atom. The third-order valence-electron chi connectivity index (χ3n) is 3.80. The molecule has 0 amide bonds. The van der Waals surface area contributed by atoms with Crippen LogP contribution < -0.4 is 5.32 Å². The van der Waals surface area contributed by atoms with Crippen molar-refractivity contribution >= 4 is 9.84 Å². The molecule has 0 aliphatic heterocycles. The predicted octanol–water partition coefficient (Wildman–Crippen LogP) is 2.37. The largest absolute Gasteiger partial charge is 0.316 e. The van der Waals surface area contributed by atoms with Crippen molar-refractivity contribution in [2.45, 2.75) is 52.4 Å². The van der Waals surface area contributed by atoms with Gasteiger partial charge in [0.15, 0.2) is 0 Å². The van der Waals surface area contributed by atoms with Crippen LogP contribution in [0.4, 0.5) is 0 Å². The molecule has 1 N–H and O–H groups in total. The molecular formula is C13H27NO2S. The minimum atomic E-state index is -2.80. The Hall–Kier alpha value is -0.0900. The van der Waals surface area contributed by atoms with Crippen molar-refractivity contribution in [2.24, 2.45) is 5.41 Å². The summed E-state index contributed by atoms with van der Waals surface area (Å²) in [5.74, 6) is 0.736. The van der Waals surface area contributed by atoms with Gasteiger partial charge in [0.1, 0.15) is 9.84 Å². The fourth-order valence-corrected chi connectivity index (χ4v) is 4.08. The minimum absolute atomic E-state index is 0.288. The topological polar surface area (TPSA) is 46.2 Å². The second-order valence-corrected chi connectivity index (χ2v) is 7.74. The molecule has 4 heteroatoms. The molecule has 1 rings (SSSR count). The SMILES string of the molecule is CCCNCC1(CCS(=O)(=O)CCC)CCC1. The van der Waals surface area contributed by atoms with Gasteiger partial charge >= 0.3 is 0 Å². The molecule has 0 atom stereocenters. The second-order valence-electron chi connectivity index (χ2n) is 5.43. The fourth-order valence-electron chi connectivity index (χ4n) is 2.51. The van der Waals surface area contributed by atoms with Crippen LogP contribution >= 0.6 is 0 Å². The Kier molecular flexibility index (Phi) is 5.93. The number of hydrogen-bond donors (Lipinski definition) is 1. The number of rotatable bonds is 9. The number of nitrogens with one attached hydrogen (secondary N) is 1. The second kappa shape index (κ2) is 6.74. The minimum Gasteiger partial charge on any atom is -0.316 e. The smallest absolute Gasteiger partial charge is 0.150 e. The van der Waals surface area contributed by atoms with Gasteiger partial charge in [-0.05, 0) is 44.1 Å². The lowest BCUT2D eigenvalue weighted by Crippen LogP contribution is -2.41. The first-order chi connectivity index (χ1) is 8.04. The summed E-state index contributed by atoms with van der Waals surface area (Å²) in [6.07, 6.45) is 6.40. The van der Waals surface area contributed by atoms with E-state index >= 15 is 0 Å². The standard InChI is InChI=1S/C13H27NO2S/c1-3-9-14-12-13(6-5-7-13)8-11-17(15,16)10-4-2/h14H,3-12H2,1-2H3. The molecule has 0 radical (unpaired) electrons. The van der Waals surface area contributed by atoms with E-state index in [0.29, 0.717) is 11.5 Å². The monoisotopic (exact) mass is 261 g/mol. The zero-order chi connectivity index (χ0) is 12.8. The zero-order valence-corrected chi connectivity index (χ0v) is 12.1. The molecule has 0 aromatic rings. The highest BCUT2D eigenvalue weighted by atomic mass is 32.2. The van der Waals surface area contributed by atoms with Gasteiger partial charge in [-0.1, -0.05) is 20.3 Å². The van der Waals surface area contributed by atoms with E-state index in [-0.39, 0.29) is 5.41 Å². The molecule has 0 aromatic heterocycles. The molecule has 1 saturated carbocycles. The van der Waals surface area contributed by atoms with Crippen LogP contribution in [0.3, 0.4) is 0 Å². The lowest BCUT2D eigenvalue weighted by atomic mass is 9.67. The average molecular weight is 261 g/mol. The van der Waals surface area contributed by atoms with Crippen LogP contribution in [0, 0.1) is 5.41 Å². The van der Waals surface area contributed by atoms with Crippen molar-refractivity contribution in [2.75, 3.05) is 24.6 Å². The van der Waals surface area contributed by atoms with Crippen molar-refractivity contribution in [3.05, 3.63) is 0 Å². The summed E-state index contributed by atoms with van der Waals surface area (Å²) in [6, 6.07) is 0. The van der Waals surface area contributed by atoms with Crippen LogP contribution in [0.2, 0.25) is 0 Å². The summed E-state index contributed by atoms with van der Waals surface area (Å²) in [5, 5.41) is 3.45. The van der Waals surface area contributed by atoms with Gasteiger partial charge in [0, 0.05) is 12.3 Å². The van der Waals surface area contributed by atoms with E-state index in [1.54, 1.807) is 0 Å². The van der Waals surface area contributed by atoms with Gasteiger partial charge in [-0.15, -0.1) is 0 Å². The van der Waals surface area contributed by atoms with E-state index in [4.69, 9.17) is 0 Å². The normalized spacial score (nSPS) is 18.9. The summed E-state index contributed by atoms with van der Waals surface area (Å²) in [6.45, 7) is 6.14. The molecule has 0 heterocycles. The molecule has 102 valence electrons. The van der Waals surface area contributed by atoms with Crippen molar-refractivity contribution in [1.29, 1.82) is 0 Å². The molecule has 3 nitrogen and oxygen atoms in total. The Morgan fingerprint density at radius 2 is 1.82 bits per heavy atom. The van der Waals surface area contributed by atoms with Gasteiger partial charge in [0.25, 0.3) is 0 Å². The quantitative estimate of drug-likeness (QED) is 0.648. The first-order valence-corrected chi connectivity index (χ1v) is 8.77. The van der Waals surface area contributed by atoms with E-state index in [0.717, 1.165) is 32.4 Å². The Balaban J connectivity index is 2.36. The van der Waals surface area contributed by atoms with Gasteiger partial charge in [0.05, 0.1) is 5.75 Å². The average Bonchev–Trinajstić information content (AvgIpc) is 2.21. The third kappa shape index (κ3) is 4.96. The van der Waals surface area contributed by atoms with Crippen molar-refractivity contribution in [3.8, 4) is 0 Å². The molecule has 0 bridgehead atoms. The van der Waals surface area contributed by atoms with E-state index in [2.05, 4.69) is 12.2 Å². The molecule has 0 spiro atoms. The van der Waals surface area contributed by atoms with Crippen LogP contribution in [0.25, 0.3) is 0 Å². The highest BCUT2D eigenvalue weighted by molar-refractivity contribution is 7.91. The molecule has 1 fully saturated rings. The Bertz CT molecular complexity index is 307. The van der Waals surface area contributed by atoms with E-state index in [9.17, 15) is 8.42 Å². The van der Waals surface area contributed by atoms with Crippen LogP contribution in [0.1, 0.15) is 52.4 Å². The first-order valence-electron chi connectivity index (χ1n) is 6.95.